The van der Waals surface area contributed by atoms with Gasteiger partial charge in [0.25, 0.3) is 0 Å². The van der Waals surface area contributed by atoms with Crippen molar-refractivity contribution in [2.24, 2.45) is 5.92 Å². The van der Waals surface area contributed by atoms with Gasteiger partial charge in [-0.05, 0) is 46.7 Å². The lowest BCUT2D eigenvalue weighted by atomic mass is 10.0. The van der Waals surface area contributed by atoms with Gasteiger partial charge in [-0.2, -0.15) is 0 Å². The van der Waals surface area contributed by atoms with Crippen LogP contribution in [0.4, 0.5) is 0 Å². The van der Waals surface area contributed by atoms with Crippen LogP contribution in [0.15, 0.2) is 0 Å². The fourth-order valence-corrected chi connectivity index (χ4v) is 2.75. The lowest BCUT2D eigenvalue weighted by Gasteiger charge is -2.38. The lowest BCUT2D eigenvalue weighted by molar-refractivity contribution is -0.131. The first kappa shape index (κ1) is 18.4. The molecule has 2 unspecified atom stereocenters. The minimum Gasteiger partial charge on any atom is -0.324 e. The van der Waals surface area contributed by atoms with Gasteiger partial charge in [0.05, 0.1) is 12.2 Å². The van der Waals surface area contributed by atoms with Gasteiger partial charge in [-0.1, -0.05) is 33.6 Å². The Labute approximate surface area is 131 Å². The van der Waals surface area contributed by atoms with Crippen molar-refractivity contribution in [2.45, 2.75) is 78.0 Å². The number of rotatable bonds is 8. The third-order valence-electron chi connectivity index (χ3n) is 4.66. The zero-order valence-electron chi connectivity index (χ0n) is 15.1. The maximum absolute atomic E-state index is 12.7. The van der Waals surface area contributed by atoms with Crippen molar-refractivity contribution in [1.82, 2.24) is 15.1 Å². The third kappa shape index (κ3) is 4.96. The maximum atomic E-state index is 12.7. The quantitative estimate of drug-likeness (QED) is 0.748. The minimum atomic E-state index is -0.00772. The number of carbonyl (C=O) groups excluding carboxylic acids is 1. The van der Waals surface area contributed by atoms with Crippen LogP contribution in [0.1, 0.15) is 60.3 Å². The molecule has 0 aliphatic carbocycles. The van der Waals surface area contributed by atoms with E-state index in [1.54, 1.807) is 0 Å². The van der Waals surface area contributed by atoms with Gasteiger partial charge >= 0.3 is 0 Å². The monoisotopic (exact) mass is 297 g/mol. The molecule has 0 aromatic rings. The molecule has 21 heavy (non-hydrogen) atoms. The number of hydrogen-bond acceptors (Lipinski definition) is 3. The van der Waals surface area contributed by atoms with Crippen LogP contribution in [0.25, 0.3) is 0 Å². The molecule has 1 saturated heterocycles. The van der Waals surface area contributed by atoms with E-state index in [1.165, 1.54) is 0 Å². The SMILES string of the molecule is CCCCC1NC(CC(C)C)N(CC(C)(C)N(C)C)C1=O. The molecule has 0 radical (unpaired) electrons. The topological polar surface area (TPSA) is 35.6 Å². The molecule has 0 saturated carbocycles. The van der Waals surface area contributed by atoms with Gasteiger partial charge < -0.3 is 9.80 Å². The van der Waals surface area contributed by atoms with E-state index in [0.29, 0.717) is 11.8 Å². The van der Waals surface area contributed by atoms with Crippen LogP contribution in [-0.2, 0) is 4.79 Å². The molecule has 1 fully saturated rings. The number of nitrogens with one attached hydrogen (secondary N) is 1. The predicted octanol–water partition coefficient (Wildman–Crippen LogP) is 2.69. The highest BCUT2D eigenvalue weighted by Gasteiger charge is 2.41. The molecule has 1 aliphatic rings. The molecule has 0 spiro atoms. The molecule has 2 atom stereocenters. The second-order valence-electron chi connectivity index (χ2n) is 7.68. The fraction of sp³-hybridized carbons (Fsp3) is 0.941. The van der Waals surface area contributed by atoms with Crippen LogP contribution >= 0.6 is 0 Å². The highest BCUT2D eigenvalue weighted by molar-refractivity contribution is 5.84. The summed E-state index contributed by atoms with van der Waals surface area (Å²) in [7, 11) is 4.17. The second-order valence-corrected chi connectivity index (χ2v) is 7.68. The summed E-state index contributed by atoms with van der Waals surface area (Å²) in [5.74, 6) is 0.884. The van der Waals surface area contributed by atoms with Gasteiger partial charge in [0.15, 0.2) is 0 Å². The Balaban J connectivity index is 2.81. The average molecular weight is 297 g/mol. The largest absolute Gasteiger partial charge is 0.324 e. The number of unbranched alkanes of at least 4 members (excludes halogenated alkanes) is 1. The summed E-state index contributed by atoms with van der Waals surface area (Å²) >= 11 is 0. The maximum Gasteiger partial charge on any atom is 0.241 e. The Morgan fingerprint density at radius 3 is 2.43 bits per heavy atom. The van der Waals surface area contributed by atoms with E-state index in [2.05, 4.69) is 63.8 Å². The number of carbonyl (C=O) groups is 1. The molecule has 1 amide bonds. The van der Waals surface area contributed by atoms with E-state index in [9.17, 15) is 4.79 Å². The van der Waals surface area contributed by atoms with E-state index in [1.807, 2.05) is 0 Å². The van der Waals surface area contributed by atoms with Gasteiger partial charge in [0.1, 0.15) is 0 Å². The zero-order valence-corrected chi connectivity index (χ0v) is 15.1. The first-order valence-electron chi connectivity index (χ1n) is 8.43. The van der Waals surface area contributed by atoms with Gasteiger partial charge in [0.2, 0.25) is 5.91 Å². The normalized spacial score (nSPS) is 23.7. The molecule has 1 heterocycles. The summed E-state index contributed by atoms with van der Waals surface area (Å²) in [4.78, 5) is 17.0. The zero-order chi connectivity index (χ0) is 16.2. The number of hydrogen-bond donors (Lipinski definition) is 1. The molecule has 0 aromatic heterocycles. The Bertz CT molecular complexity index is 339. The van der Waals surface area contributed by atoms with Crippen LogP contribution in [0.5, 0.6) is 0 Å². The Morgan fingerprint density at radius 1 is 1.33 bits per heavy atom. The highest BCUT2D eigenvalue weighted by Crippen LogP contribution is 2.24. The number of likely N-dealkylation sites (N-methyl/N-ethyl adjacent to an activating group) is 1. The average Bonchev–Trinajstić information content (AvgIpc) is 2.63. The minimum absolute atomic E-state index is 0.00772. The molecule has 0 aromatic carbocycles. The Morgan fingerprint density at radius 2 is 1.95 bits per heavy atom. The highest BCUT2D eigenvalue weighted by atomic mass is 16.2. The van der Waals surface area contributed by atoms with Crippen LogP contribution in [-0.4, -0.2) is 54.1 Å². The van der Waals surface area contributed by atoms with E-state index in [0.717, 1.165) is 32.2 Å². The van der Waals surface area contributed by atoms with E-state index < -0.39 is 0 Å². The first-order chi connectivity index (χ1) is 9.69. The van der Waals surface area contributed by atoms with Crippen LogP contribution in [0, 0.1) is 5.92 Å². The first-order valence-corrected chi connectivity index (χ1v) is 8.43. The molecule has 4 heteroatoms. The van der Waals surface area contributed by atoms with Crippen molar-refractivity contribution >= 4 is 5.91 Å². The molecular weight excluding hydrogens is 262 g/mol. The van der Waals surface area contributed by atoms with Gasteiger partial charge in [-0.15, -0.1) is 0 Å². The summed E-state index contributed by atoms with van der Waals surface area (Å²) < 4.78 is 0. The number of nitrogens with zero attached hydrogens (tertiary/aromatic N) is 2. The summed E-state index contributed by atoms with van der Waals surface area (Å²) in [6.07, 6.45) is 4.44. The molecule has 1 aliphatic heterocycles. The Hall–Kier alpha value is -0.610. The lowest BCUT2D eigenvalue weighted by Crippen LogP contribution is -2.52. The summed E-state index contributed by atoms with van der Waals surface area (Å²) in [5.41, 5.74) is -0.00772. The van der Waals surface area contributed by atoms with Crippen molar-refractivity contribution in [3.63, 3.8) is 0 Å². The van der Waals surface area contributed by atoms with Gasteiger partial charge in [-0.3, -0.25) is 10.1 Å². The van der Waals surface area contributed by atoms with Crippen molar-refractivity contribution in [1.29, 1.82) is 0 Å². The molecule has 0 bridgehead atoms. The number of amides is 1. The molecule has 124 valence electrons. The summed E-state index contributed by atoms with van der Waals surface area (Å²) in [6.45, 7) is 11.8. The predicted molar refractivity (Wildman–Crippen MR) is 89.2 cm³/mol. The van der Waals surface area contributed by atoms with Crippen molar-refractivity contribution in [2.75, 3.05) is 20.6 Å². The van der Waals surface area contributed by atoms with E-state index in [4.69, 9.17) is 0 Å². The molecular formula is C17H35N3O. The van der Waals surface area contributed by atoms with Crippen molar-refractivity contribution in [3.8, 4) is 0 Å². The van der Waals surface area contributed by atoms with Gasteiger partial charge in [0, 0.05) is 12.1 Å². The summed E-state index contributed by atoms with van der Waals surface area (Å²) in [6, 6.07) is 0.0201. The molecule has 4 nitrogen and oxygen atoms in total. The van der Waals surface area contributed by atoms with Crippen LogP contribution in [0.2, 0.25) is 0 Å². The molecule has 1 N–H and O–H groups in total. The van der Waals surface area contributed by atoms with Gasteiger partial charge in [-0.25, -0.2) is 0 Å². The van der Waals surface area contributed by atoms with Crippen LogP contribution < -0.4 is 5.32 Å². The van der Waals surface area contributed by atoms with E-state index >= 15 is 0 Å². The summed E-state index contributed by atoms with van der Waals surface area (Å²) in [5, 5.41) is 3.58. The second kappa shape index (κ2) is 7.59. The van der Waals surface area contributed by atoms with E-state index in [-0.39, 0.29) is 17.7 Å². The van der Waals surface area contributed by atoms with Crippen LogP contribution in [0.3, 0.4) is 0 Å². The smallest absolute Gasteiger partial charge is 0.241 e. The van der Waals surface area contributed by atoms with Crippen molar-refractivity contribution < 1.29 is 4.79 Å². The standard InChI is InChI=1S/C17H35N3O/c1-8-9-10-14-16(21)20(12-17(4,5)19(6)7)15(18-14)11-13(2)3/h13-15,18H,8-12H2,1-7H3. The van der Waals surface area contributed by atoms with Crippen molar-refractivity contribution in [3.05, 3.63) is 0 Å². The Kier molecular flexibility index (Phi) is 6.67. The molecule has 1 rings (SSSR count). The fourth-order valence-electron chi connectivity index (χ4n) is 2.75. The third-order valence-corrected chi connectivity index (χ3v) is 4.66.